The summed E-state index contributed by atoms with van der Waals surface area (Å²) in [6.07, 6.45) is -0.00631. The molecule has 11 heavy (non-hydrogen) atoms. The summed E-state index contributed by atoms with van der Waals surface area (Å²) in [6.45, 7) is -0.237. The highest BCUT2D eigenvalue weighted by molar-refractivity contribution is 7.30. The highest BCUT2D eigenvalue weighted by Crippen LogP contribution is 2.09. The van der Waals surface area contributed by atoms with Crippen LogP contribution < -0.4 is 4.89 Å². The van der Waals surface area contributed by atoms with Crippen molar-refractivity contribution in [3.05, 3.63) is 0 Å². The first-order valence-corrected chi connectivity index (χ1v) is 4.32. The van der Waals surface area contributed by atoms with Crippen LogP contribution in [0.1, 0.15) is 12.8 Å². The minimum absolute atomic E-state index is 0.0652. The van der Waals surface area contributed by atoms with Crippen molar-refractivity contribution in [2.24, 2.45) is 0 Å². The number of hydrogen-bond acceptors (Lipinski definition) is 5. The Morgan fingerprint density at radius 2 is 2.27 bits per heavy atom. The zero-order valence-corrected chi connectivity index (χ0v) is 6.87. The lowest BCUT2D eigenvalue weighted by molar-refractivity contribution is -0.185. The zero-order chi connectivity index (χ0) is 8.69. The van der Waals surface area contributed by atoms with Gasteiger partial charge in [-0.15, -0.1) is 4.52 Å². The van der Waals surface area contributed by atoms with Gasteiger partial charge in [0.25, 0.3) is 0 Å². The summed E-state index contributed by atoms with van der Waals surface area (Å²) >= 11 is 0. The molecule has 0 heterocycles. The van der Waals surface area contributed by atoms with E-state index < -0.39 is 14.4 Å². The molecule has 0 fully saturated rings. The van der Waals surface area contributed by atoms with Crippen molar-refractivity contribution in [1.29, 1.82) is 0 Å². The topological polar surface area (TPSA) is 89.8 Å². The van der Waals surface area contributed by atoms with E-state index in [-0.39, 0.29) is 13.2 Å². The second-order valence-electron chi connectivity index (χ2n) is 2.04. The first kappa shape index (κ1) is 10.9. The summed E-state index contributed by atoms with van der Waals surface area (Å²) in [6, 6.07) is 0. The maximum absolute atomic E-state index is 9.82. The molecule has 0 aliphatic rings. The minimum atomic E-state index is -2.78. The van der Waals surface area contributed by atoms with Crippen LogP contribution in [0.3, 0.4) is 0 Å². The van der Waals surface area contributed by atoms with Gasteiger partial charge in [0.05, 0.1) is 12.7 Å². The van der Waals surface area contributed by atoms with Crippen molar-refractivity contribution >= 4 is 8.25 Å². The Hall–Kier alpha value is -0.0600. The second-order valence-corrected chi connectivity index (χ2v) is 2.74. The van der Waals surface area contributed by atoms with Crippen molar-refractivity contribution in [2.75, 3.05) is 13.2 Å². The average Bonchev–Trinajstić information content (AvgIpc) is 1.97. The molecular weight excluding hydrogens is 171 g/mol. The largest absolute Gasteiger partial charge is 0.566 e. The van der Waals surface area contributed by atoms with Crippen molar-refractivity contribution < 1.29 is 24.2 Å². The lowest BCUT2D eigenvalue weighted by Crippen LogP contribution is -2.12. The quantitative estimate of drug-likeness (QED) is 0.412. The minimum Gasteiger partial charge on any atom is -0.566 e. The summed E-state index contributed by atoms with van der Waals surface area (Å²) in [5, 5.41) is 17.1. The molecule has 5 nitrogen and oxygen atoms in total. The molecule has 0 saturated carbocycles. The summed E-state index contributed by atoms with van der Waals surface area (Å²) in [7, 11) is -2.78. The molecule has 2 atom stereocenters. The normalized spacial score (nSPS) is 14.6. The molecule has 0 amide bonds. The summed E-state index contributed by atoms with van der Waals surface area (Å²) in [4.78, 5) is 9.82. The molecule has 0 aromatic heterocycles. The van der Waals surface area contributed by atoms with Gasteiger partial charge in [0.2, 0.25) is 0 Å². The van der Waals surface area contributed by atoms with E-state index in [9.17, 15) is 9.46 Å². The van der Waals surface area contributed by atoms with Gasteiger partial charge in [-0.1, -0.05) is 0 Å². The Labute approximate surface area is 65.6 Å². The highest BCUT2D eigenvalue weighted by Gasteiger charge is 2.04. The Morgan fingerprint density at radius 3 is 2.73 bits per heavy atom. The Kier molecular flexibility index (Phi) is 6.60. The van der Waals surface area contributed by atoms with Crippen LogP contribution in [0.15, 0.2) is 0 Å². The van der Waals surface area contributed by atoms with E-state index in [1.165, 1.54) is 0 Å². The molecule has 0 aliphatic carbocycles. The van der Waals surface area contributed by atoms with Gasteiger partial charge in [0, 0.05) is 0 Å². The van der Waals surface area contributed by atoms with Crippen LogP contribution in [-0.4, -0.2) is 29.5 Å². The molecule has 0 radical (unpaired) electrons. The van der Waals surface area contributed by atoms with Crippen LogP contribution in [0, 0.1) is 0 Å². The summed E-state index contributed by atoms with van der Waals surface area (Å²) < 4.78 is 14.0. The third-order valence-corrected chi connectivity index (χ3v) is 1.48. The molecule has 2 N–H and O–H groups in total. The lowest BCUT2D eigenvalue weighted by atomic mass is 10.2. The highest BCUT2D eigenvalue weighted by atomic mass is 31.1. The number of aliphatic hydroxyl groups excluding tert-OH is 2. The van der Waals surface area contributed by atoms with Gasteiger partial charge < -0.3 is 15.1 Å². The average molecular weight is 182 g/mol. The van der Waals surface area contributed by atoms with Crippen molar-refractivity contribution in [3.63, 3.8) is 0 Å². The fourth-order valence-electron chi connectivity index (χ4n) is 0.549. The molecule has 2 unspecified atom stereocenters. The van der Waals surface area contributed by atoms with E-state index in [0.717, 1.165) is 0 Å². The predicted molar refractivity (Wildman–Crippen MR) is 35.9 cm³/mol. The van der Waals surface area contributed by atoms with Gasteiger partial charge in [-0.25, -0.2) is 0 Å². The SMILES string of the molecule is O=[P+]([O-])OCCCC(O)CO. The number of rotatable bonds is 6. The monoisotopic (exact) mass is 182 g/mol. The Morgan fingerprint density at radius 1 is 1.64 bits per heavy atom. The molecule has 0 bridgehead atoms. The Bertz CT molecular complexity index is 117. The van der Waals surface area contributed by atoms with Gasteiger partial charge in [0.1, 0.15) is 6.61 Å². The molecule has 0 spiro atoms. The fraction of sp³-hybridized carbons (Fsp3) is 1.00. The molecule has 66 valence electrons. The van der Waals surface area contributed by atoms with E-state index in [4.69, 9.17) is 10.2 Å². The van der Waals surface area contributed by atoms with E-state index in [2.05, 4.69) is 4.52 Å². The van der Waals surface area contributed by atoms with Crippen molar-refractivity contribution in [1.82, 2.24) is 0 Å². The summed E-state index contributed by atoms with van der Waals surface area (Å²) in [5.41, 5.74) is 0. The molecule has 0 saturated heterocycles. The van der Waals surface area contributed by atoms with Gasteiger partial charge in [0.15, 0.2) is 0 Å². The first-order valence-electron chi connectivity index (χ1n) is 3.23. The van der Waals surface area contributed by atoms with E-state index in [1.807, 2.05) is 0 Å². The van der Waals surface area contributed by atoms with Gasteiger partial charge in [-0.2, -0.15) is 0 Å². The molecule has 0 aromatic rings. The van der Waals surface area contributed by atoms with Gasteiger partial charge in [-0.3, -0.25) is 0 Å². The fourth-order valence-corrected chi connectivity index (χ4v) is 0.828. The van der Waals surface area contributed by atoms with Gasteiger partial charge >= 0.3 is 8.25 Å². The third kappa shape index (κ3) is 7.84. The zero-order valence-electron chi connectivity index (χ0n) is 5.97. The molecule has 0 rings (SSSR count). The third-order valence-electron chi connectivity index (χ3n) is 1.09. The molecule has 0 aromatic carbocycles. The van der Waals surface area contributed by atoms with Crippen molar-refractivity contribution in [3.8, 4) is 0 Å². The standard InChI is InChI=1S/C5H11O5P/c6-4-5(7)2-1-3-10-11(8)9/h5-7H,1-4H2. The first-order chi connectivity index (χ1) is 5.16. The van der Waals surface area contributed by atoms with Crippen LogP contribution in [0.4, 0.5) is 0 Å². The van der Waals surface area contributed by atoms with Crippen LogP contribution in [0.5, 0.6) is 0 Å². The van der Waals surface area contributed by atoms with E-state index in [0.29, 0.717) is 12.8 Å². The smallest absolute Gasteiger partial charge is 0.488 e. The van der Waals surface area contributed by atoms with Crippen LogP contribution in [0.25, 0.3) is 0 Å². The molecular formula is C5H11O5P. The number of hydrogen-bond donors (Lipinski definition) is 2. The maximum Gasteiger partial charge on any atom is 0.488 e. The van der Waals surface area contributed by atoms with Crippen LogP contribution >= 0.6 is 8.25 Å². The second kappa shape index (κ2) is 6.64. The maximum atomic E-state index is 9.82. The van der Waals surface area contributed by atoms with E-state index in [1.54, 1.807) is 0 Å². The van der Waals surface area contributed by atoms with Crippen molar-refractivity contribution in [2.45, 2.75) is 18.9 Å². The predicted octanol–water partition coefficient (Wildman–Crippen LogP) is -0.846. The van der Waals surface area contributed by atoms with E-state index >= 15 is 0 Å². The Balaban J connectivity index is 3.08. The van der Waals surface area contributed by atoms with Gasteiger partial charge in [-0.05, 0) is 17.4 Å². The number of aliphatic hydroxyl groups is 2. The van der Waals surface area contributed by atoms with Crippen LogP contribution in [-0.2, 0) is 9.09 Å². The molecule has 6 heteroatoms. The summed E-state index contributed by atoms with van der Waals surface area (Å²) in [5.74, 6) is 0. The van der Waals surface area contributed by atoms with Crippen LogP contribution in [0.2, 0.25) is 0 Å². The molecule has 0 aliphatic heterocycles. The lowest BCUT2D eigenvalue weighted by Gasteiger charge is -2.03.